The summed E-state index contributed by atoms with van der Waals surface area (Å²) in [6, 6.07) is 5.96. The van der Waals surface area contributed by atoms with E-state index in [9.17, 15) is 4.79 Å². The molecular formula is C14H12ClNOS2. The van der Waals surface area contributed by atoms with Crippen LogP contribution in [0.25, 0.3) is 6.08 Å². The quantitative estimate of drug-likeness (QED) is 0.766. The van der Waals surface area contributed by atoms with Crippen molar-refractivity contribution >= 4 is 46.3 Å². The second-order valence-electron chi connectivity index (χ2n) is 4.36. The van der Waals surface area contributed by atoms with Crippen LogP contribution in [0.3, 0.4) is 0 Å². The monoisotopic (exact) mass is 309 g/mol. The van der Waals surface area contributed by atoms with Crippen molar-refractivity contribution in [1.82, 2.24) is 4.90 Å². The Bertz CT molecular complexity index is 615. The molecule has 98 valence electrons. The highest BCUT2D eigenvalue weighted by Crippen LogP contribution is 2.31. The van der Waals surface area contributed by atoms with E-state index < -0.39 is 0 Å². The van der Waals surface area contributed by atoms with Gasteiger partial charge in [0.2, 0.25) is 5.91 Å². The molecule has 0 fully saturated rings. The van der Waals surface area contributed by atoms with Crippen molar-refractivity contribution in [3.63, 3.8) is 0 Å². The molecule has 0 radical (unpaired) electrons. The van der Waals surface area contributed by atoms with E-state index in [1.165, 1.54) is 10.4 Å². The van der Waals surface area contributed by atoms with E-state index in [0.29, 0.717) is 6.54 Å². The van der Waals surface area contributed by atoms with Gasteiger partial charge in [-0.25, -0.2) is 0 Å². The second kappa shape index (κ2) is 5.49. The Morgan fingerprint density at radius 1 is 1.47 bits per heavy atom. The van der Waals surface area contributed by atoms with Gasteiger partial charge < -0.3 is 4.90 Å². The lowest BCUT2D eigenvalue weighted by Crippen LogP contribution is -2.34. The van der Waals surface area contributed by atoms with Crippen LogP contribution in [-0.4, -0.2) is 17.4 Å². The standard InChI is InChI=1S/C14H12ClNOS2/c15-13-8-10-9-16(6-5-12(10)19-13)14(17)4-3-11-2-1-7-18-11/h1-4,7-8H,5-6,9H2. The molecule has 5 heteroatoms. The minimum absolute atomic E-state index is 0.0707. The molecule has 0 N–H and O–H groups in total. The summed E-state index contributed by atoms with van der Waals surface area (Å²) in [7, 11) is 0. The van der Waals surface area contributed by atoms with Crippen LogP contribution < -0.4 is 0 Å². The van der Waals surface area contributed by atoms with E-state index in [0.717, 1.165) is 22.2 Å². The molecule has 0 aromatic carbocycles. The number of fused-ring (bicyclic) bond motifs is 1. The minimum Gasteiger partial charge on any atom is -0.334 e. The molecular weight excluding hydrogens is 298 g/mol. The molecule has 0 saturated heterocycles. The number of hydrogen-bond donors (Lipinski definition) is 0. The number of carbonyl (C=O) groups excluding carboxylic acids is 1. The van der Waals surface area contributed by atoms with Gasteiger partial charge in [-0.3, -0.25) is 4.79 Å². The third-order valence-electron chi connectivity index (χ3n) is 3.08. The smallest absolute Gasteiger partial charge is 0.246 e. The Balaban J connectivity index is 1.69. The highest BCUT2D eigenvalue weighted by Gasteiger charge is 2.21. The number of nitrogens with zero attached hydrogens (tertiary/aromatic N) is 1. The predicted octanol–water partition coefficient (Wildman–Crippen LogP) is 4.06. The molecule has 3 heterocycles. The van der Waals surface area contributed by atoms with Crippen LogP contribution in [0, 0.1) is 0 Å². The summed E-state index contributed by atoms with van der Waals surface area (Å²) >= 11 is 9.27. The van der Waals surface area contributed by atoms with Crippen LogP contribution in [0.1, 0.15) is 15.3 Å². The summed E-state index contributed by atoms with van der Waals surface area (Å²) in [6.07, 6.45) is 4.44. The molecule has 2 aromatic rings. The molecule has 1 aliphatic rings. The molecule has 2 aromatic heterocycles. The average Bonchev–Trinajstić information content (AvgIpc) is 3.02. The van der Waals surface area contributed by atoms with Gasteiger partial charge in [-0.05, 0) is 35.6 Å². The van der Waals surface area contributed by atoms with Gasteiger partial charge >= 0.3 is 0 Å². The molecule has 0 aliphatic carbocycles. The van der Waals surface area contributed by atoms with Gasteiger partial charge in [0, 0.05) is 28.9 Å². The summed E-state index contributed by atoms with van der Waals surface area (Å²) in [5.41, 5.74) is 1.19. The molecule has 0 saturated carbocycles. The zero-order chi connectivity index (χ0) is 13.2. The van der Waals surface area contributed by atoms with Crippen molar-refractivity contribution in [3.05, 3.63) is 49.3 Å². The maximum Gasteiger partial charge on any atom is 0.246 e. The number of thiophene rings is 2. The van der Waals surface area contributed by atoms with E-state index in [2.05, 4.69) is 0 Å². The number of amides is 1. The van der Waals surface area contributed by atoms with Crippen LogP contribution in [0.5, 0.6) is 0 Å². The zero-order valence-electron chi connectivity index (χ0n) is 10.1. The summed E-state index contributed by atoms with van der Waals surface area (Å²) in [5.74, 6) is 0.0707. The van der Waals surface area contributed by atoms with Crippen LogP contribution in [0.4, 0.5) is 0 Å². The molecule has 0 unspecified atom stereocenters. The fourth-order valence-electron chi connectivity index (χ4n) is 2.13. The summed E-state index contributed by atoms with van der Waals surface area (Å²) in [4.78, 5) is 16.4. The highest BCUT2D eigenvalue weighted by atomic mass is 35.5. The third kappa shape index (κ3) is 2.91. The molecule has 0 atom stereocenters. The van der Waals surface area contributed by atoms with Gasteiger partial charge in [0.15, 0.2) is 0 Å². The molecule has 3 rings (SSSR count). The lowest BCUT2D eigenvalue weighted by atomic mass is 10.1. The van der Waals surface area contributed by atoms with E-state index in [4.69, 9.17) is 11.6 Å². The van der Waals surface area contributed by atoms with Gasteiger partial charge in [0.25, 0.3) is 0 Å². The van der Waals surface area contributed by atoms with E-state index >= 15 is 0 Å². The number of carbonyl (C=O) groups is 1. The Hall–Kier alpha value is -1.10. The lowest BCUT2D eigenvalue weighted by Gasteiger charge is -2.25. The highest BCUT2D eigenvalue weighted by molar-refractivity contribution is 7.16. The predicted molar refractivity (Wildman–Crippen MR) is 81.8 cm³/mol. The zero-order valence-corrected chi connectivity index (χ0v) is 12.5. The first-order chi connectivity index (χ1) is 9.22. The van der Waals surface area contributed by atoms with Crippen LogP contribution in [0.15, 0.2) is 29.7 Å². The summed E-state index contributed by atoms with van der Waals surface area (Å²) < 4.78 is 0.813. The van der Waals surface area contributed by atoms with Crippen molar-refractivity contribution in [2.45, 2.75) is 13.0 Å². The Morgan fingerprint density at radius 3 is 3.16 bits per heavy atom. The van der Waals surface area contributed by atoms with Gasteiger partial charge in [-0.15, -0.1) is 22.7 Å². The minimum atomic E-state index is 0.0707. The van der Waals surface area contributed by atoms with Crippen molar-refractivity contribution in [2.24, 2.45) is 0 Å². The van der Waals surface area contributed by atoms with Crippen molar-refractivity contribution in [2.75, 3.05) is 6.54 Å². The van der Waals surface area contributed by atoms with Crippen molar-refractivity contribution in [3.8, 4) is 0 Å². The Labute approximate surface area is 124 Å². The maximum atomic E-state index is 12.1. The lowest BCUT2D eigenvalue weighted by molar-refractivity contribution is -0.126. The first-order valence-corrected chi connectivity index (χ1v) is 8.07. The van der Waals surface area contributed by atoms with E-state index in [1.807, 2.05) is 34.6 Å². The second-order valence-corrected chi connectivity index (χ2v) is 7.10. The normalized spacial score (nSPS) is 14.9. The number of hydrogen-bond acceptors (Lipinski definition) is 3. The van der Waals surface area contributed by atoms with Gasteiger partial charge in [-0.2, -0.15) is 0 Å². The molecule has 0 bridgehead atoms. The molecule has 19 heavy (non-hydrogen) atoms. The van der Waals surface area contributed by atoms with Crippen molar-refractivity contribution in [1.29, 1.82) is 0 Å². The molecule has 1 aliphatic heterocycles. The molecule has 1 amide bonds. The Morgan fingerprint density at radius 2 is 2.37 bits per heavy atom. The largest absolute Gasteiger partial charge is 0.334 e. The van der Waals surface area contributed by atoms with Crippen LogP contribution in [-0.2, 0) is 17.8 Å². The van der Waals surface area contributed by atoms with E-state index in [1.54, 1.807) is 28.7 Å². The molecule has 0 spiro atoms. The molecule has 2 nitrogen and oxygen atoms in total. The van der Waals surface area contributed by atoms with Gasteiger partial charge in [0.05, 0.1) is 4.34 Å². The summed E-state index contributed by atoms with van der Waals surface area (Å²) in [6.45, 7) is 1.45. The third-order valence-corrected chi connectivity index (χ3v) is 5.29. The van der Waals surface area contributed by atoms with E-state index in [-0.39, 0.29) is 5.91 Å². The fourth-order valence-corrected chi connectivity index (χ4v) is 4.04. The first-order valence-electron chi connectivity index (χ1n) is 6.00. The average molecular weight is 310 g/mol. The Kier molecular flexibility index (Phi) is 3.73. The summed E-state index contributed by atoms with van der Waals surface area (Å²) in [5, 5.41) is 2.00. The van der Waals surface area contributed by atoms with Crippen LogP contribution >= 0.6 is 34.3 Å². The first kappa shape index (κ1) is 12.9. The fraction of sp³-hybridized carbons (Fsp3) is 0.214. The topological polar surface area (TPSA) is 20.3 Å². The maximum absolute atomic E-state index is 12.1. The SMILES string of the molecule is O=C(C=Cc1cccs1)N1CCc2sc(Cl)cc2C1. The van der Waals surface area contributed by atoms with Gasteiger partial charge in [-0.1, -0.05) is 17.7 Å². The van der Waals surface area contributed by atoms with Crippen LogP contribution in [0.2, 0.25) is 4.34 Å². The number of halogens is 1. The van der Waals surface area contributed by atoms with Gasteiger partial charge in [0.1, 0.15) is 0 Å². The number of rotatable bonds is 2. The van der Waals surface area contributed by atoms with Crippen molar-refractivity contribution < 1.29 is 4.79 Å².